The fourth-order valence-electron chi connectivity index (χ4n) is 2.17. The van der Waals surface area contributed by atoms with Gasteiger partial charge in [-0.05, 0) is 11.6 Å². The summed E-state index contributed by atoms with van der Waals surface area (Å²) < 4.78 is 2.02. The molecule has 2 aromatic carbocycles. The number of hydrogen-bond acceptors (Lipinski definition) is 1. The van der Waals surface area contributed by atoms with Crippen molar-refractivity contribution in [1.82, 2.24) is 9.78 Å². The van der Waals surface area contributed by atoms with Crippen molar-refractivity contribution >= 4 is 22.5 Å². The second kappa shape index (κ2) is 4.83. The molecule has 0 aliphatic carbocycles. The molecule has 3 rings (SSSR count). The van der Waals surface area contributed by atoms with Gasteiger partial charge in [0, 0.05) is 5.39 Å². The van der Waals surface area contributed by atoms with Crippen LogP contribution in [0.1, 0.15) is 11.3 Å². The van der Waals surface area contributed by atoms with Crippen LogP contribution in [0.5, 0.6) is 0 Å². The van der Waals surface area contributed by atoms with E-state index in [1.54, 1.807) is 0 Å². The van der Waals surface area contributed by atoms with Crippen LogP contribution >= 0.6 is 11.6 Å². The molecule has 3 aromatic rings. The Morgan fingerprint density at radius 2 is 1.67 bits per heavy atom. The van der Waals surface area contributed by atoms with Gasteiger partial charge in [-0.2, -0.15) is 5.10 Å². The highest BCUT2D eigenvalue weighted by Crippen LogP contribution is 2.20. The van der Waals surface area contributed by atoms with Crippen molar-refractivity contribution in [2.75, 3.05) is 0 Å². The quantitative estimate of drug-likeness (QED) is 0.652. The van der Waals surface area contributed by atoms with Gasteiger partial charge < -0.3 is 0 Å². The van der Waals surface area contributed by atoms with E-state index >= 15 is 0 Å². The highest BCUT2D eigenvalue weighted by atomic mass is 35.5. The Balaban J connectivity index is 2.07. The molecule has 1 heterocycles. The number of halogens is 1. The Labute approximate surface area is 111 Å². The van der Waals surface area contributed by atoms with Crippen molar-refractivity contribution < 1.29 is 0 Å². The molecule has 1 aromatic heterocycles. The summed E-state index contributed by atoms with van der Waals surface area (Å²) >= 11 is 5.95. The highest BCUT2D eigenvalue weighted by molar-refractivity contribution is 6.17. The number of fused-ring (bicyclic) bond motifs is 1. The van der Waals surface area contributed by atoms with Crippen LogP contribution in [0.25, 0.3) is 10.9 Å². The second-order valence-electron chi connectivity index (χ2n) is 4.24. The van der Waals surface area contributed by atoms with E-state index in [-0.39, 0.29) is 0 Å². The summed E-state index contributed by atoms with van der Waals surface area (Å²) in [4.78, 5) is 0. The summed E-state index contributed by atoms with van der Waals surface area (Å²) in [6.45, 7) is 0.776. The fourth-order valence-corrected chi connectivity index (χ4v) is 2.37. The smallest absolute Gasteiger partial charge is 0.0851 e. The van der Waals surface area contributed by atoms with Gasteiger partial charge in [0.25, 0.3) is 0 Å². The van der Waals surface area contributed by atoms with Crippen LogP contribution < -0.4 is 0 Å². The number of alkyl halides is 1. The average molecular weight is 257 g/mol. The molecule has 0 saturated carbocycles. The zero-order chi connectivity index (χ0) is 12.4. The summed E-state index contributed by atoms with van der Waals surface area (Å²) in [6.07, 6.45) is 0. The zero-order valence-corrected chi connectivity index (χ0v) is 10.6. The second-order valence-corrected chi connectivity index (χ2v) is 4.51. The van der Waals surface area contributed by atoms with Gasteiger partial charge in [-0.25, -0.2) is 0 Å². The van der Waals surface area contributed by atoms with E-state index in [2.05, 4.69) is 29.4 Å². The Kier molecular flexibility index (Phi) is 3.03. The third-order valence-electron chi connectivity index (χ3n) is 3.04. The van der Waals surface area contributed by atoms with Gasteiger partial charge in [0.1, 0.15) is 0 Å². The molecule has 0 aliphatic rings. The van der Waals surface area contributed by atoms with Crippen LogP contribution in [0.4, 0.5) is 0 Å². The molecule has 0 radical (unpaired) electrons. The molecule has 0 bridgehead atoms. The minimum Gasteiger partial charge on any atom is -0.260 e. The Hall–Kier alpha value is -1.80. The summed E-state index contributed by atoms with van der Waals surface area (Å²) in [7, 11) is 0. The minimum atomic E-state index is 0.447. The van der Waals surface area contributed by atoms with Gasteiger partial charge in [-0.3, -0.25) is 4.68 Å². The molecule has 0 N–H and O–H groups in total. The number of nitrogens with zero attached hydrogens (tertiary/aromatic N) is 2. The SMILES string of the molecule is ClCc1nn(Cc2ccccc2)c2ccccc12. The molecular weight excluding hydrogens is 244 g/mol. The topological polar surface area (TPSA) is 17.8 Å². The zero-order valence-electron chi connectivity index (χ0n) is 9.88. The Bertz CT molecular complexity index is 659. The first-order valence-corrected chi connectivity index (χ1v) is 6.46. The normalized spacial score (nSPS) is 10.9. The van der Waals surface area contributed by atoms with Crippen LogP contribution in [-0.2, 0) is 12.4 Å². The lowest BCUT2D eigenvalue weighted by Gasteiger charge is -2.03. The van der Waals surface area contributed by atoms with E-state index in [1.165, 1.54) is 5.56 Å². The van der Waals surface area contributed by atoms with Crippen molar-refractivity contribution in [3.63, 3.8) is 0 Å². The largest absolute Gasteiger partial charge is 0.260 e. The maximum Gasteiger partial charge on any atom is 0.0851 e. The van der Waals surface area contributed by atoms with Crippen molar-refractivity contribution in [3.8, 4) is 0 Å². The van der Waals surface area contributed by atoms with Crippen molar-refractivity contribution in [2.45, 2.75) is 12.4 Å². The molecule has 0 atom stereocenters. The first kappa shape index (κ1) is 11.3. The van der Waals surface area contributed by atoms with Crippen LogP contribution in [0.15, 0.2) is 54.6 Å². The van der Waals surface area contributed by atoms with E-state index in [0.29, 0.717) is 5.88 Å². The Morgan fingerprint density at radius 3 is 2.44 bits per heavy atom. The molecule has 0 aliphatic heterocycles. The van der Waals surface area contributed by atoms with E-state index in [1.807, 2.05) is 35.0 Å². The number of para-hydroxylation sites is 1. The van der Waals surface area contributed by atoms with Gasteiger partial charge in [-0.1, -0.05) is 48.5 Å². The predicted molar refractivity (Wildman–Crippen MR) is 74.8 cm³/mol. The highest BCUT2D eigenvalue weighted by Gasteiger charge is 2.08. The maximum absolute atomic E-state index is 5.95. The van der Waals surface area contributed by atoms with E-state index in [9.17, 15) is 0 Å². The van der Waals surface area contributed by atoms with E-state index in [0.717, 1.165) is 23.1 Å². The number of benzene rings is 2. The average Bonchev–Trinajstić information content (AvgIpc) is 2.78. The summed E-state index contributed by atoms with van der Waals surface area (Å²) in [5.41, 5.74) is 3.33. The fraction of sp³-hybridized carbons (Fsp3) is 0.133. The van der Waals surface area contributed by atoms with Gasteiger partial charge in [0.15, 0.2) is 0 Å². The summed E-state index contributed by atoms with van der Waals surface area (Å²) in [5, 5.41) is 5.73. The third-order valence-corrected chi connectivity index (χ3v) is 3.29. The molecular formula is C15H13ClN2. The monoisotopic (exact) mass is 256 g/mol. The van der Waals surface area contributed by atoms with E-state index in [4.69, 9.17) is 11.6 Å². The lowest BCUT2D eigenvalue weighted by atomic mass is 10.2. The van der Waals surface area contributed by atoms with Gasteiger partial charge in [0.05, 0.1) is 23.6 Å². The summed E-state index contributed by atoms with van der Waals surface area (Å²) in [5.74, 6) is 0.447. The number of rotatable bonds is 3. The number of aromatic nitrogens is 2. The standard InChI is InChI=1S/C15H13ClN2/c16-10-14-13-8-4-5-9-15(13)18(17-14)11-12-6-2-1-3-7-12/h1-9H,10-11H2. The lowest BCUT2D eigenvalue weighted by Crippen LogP contribution is -2.01. The molecule has 90 valence electrons. The number of hydrogen-bond donors (Lipinski definition) is 0. The molecule has 3 heteroatoms. The van der Waals surface area contributed by atoms with Crippen LogP contribution in [0.3, 0.4) is 0 Å². The summed E-state index contributed by atoms with van der Waals surface area (Å²) in [6, 6.07) is 18.5. The van der Waals surface area contributed by atoms with Crippen LogP contribution in [0.2, 0.25) is 0 Å². The first-order chi connectivity index (χ1) is 8.88. The molecule has 0 spiro atoms. The maximum atomic E-state index is 5.95. The molecule has 2 nitrogen and oxygen atoms in total. The predicted octanol–water partition coefficient (Wildman–Crippen LogP) is 3.82. The van der Waals surface area contributed by atoms with Crippen molar-refractivity contribution in [2.24, 2.45) is 0 Å². The molecule has 18 heavy (non-hydrogen) atoms. The van der Waals surface area contributed by atoms with Crippen molar-refractivity contribution in [1.29, 1.82) is 0 Å². The van der Waals surface area contributed by atoms with Crippen LogP contribution in [0, 0.1) is 0 Å². The molecule has 0 saturated heterocycles. The molecule has 0 unspecified atom stereocenters. The van der Waals surface area contributed by atoms with Crippen molar-refractivity contribution in [3.05, 3.63) is 65.9 Å². The van der Waals surface area contributed by atoms with Gasteiger partial charge in [0.2, 0.25) is 0 Å². The van der Waals surface area contributed by atoms with Gasteiger partial charge >= 0.3 is 0 Å². The lowest BCUT2D eigenvalue weighted by molar-refractivity contribution is 0.701. The third kappa shape index (κ3) is 2.00. The Morgan fingerprint density at radius 1 is 0.944 bits per heavy atom. The van der Waals surface area contributed by atoms with E-state index < -0.39 is 0 Å². The molecule has 0 fully saturated rings. The first-order valence-electron chi connectivity index (χ1n) is 5.93. The molecule has 0 amide bonds. The minimum absolute atomic E-state index is 0.447. The van der Waals surface area contributed by atoms with Crippen LogP contribution in [-0.4, -0.2) is 9.78 Å². The van der Waals surface area contributed by atoms with Gasteiger partial charge in [-0.15, -0.1) is 11.6 Å².